The lowest BCUT2D eigenvalue weighted by molar-refractivity contribution is -0.142. The molecule has 2 aliphatic rings. The Morgan fingerprint density at radius 3 is 2.66 bits per heavy atom. The number of ether oxygens (including phenoxy) is 1. The van der Waals surface area contributed by atoms with Gasteiger partial charge < -0.3 is 15.0 Å². The van der Waals surface area contributed by atoms with Crippen molar-refractivity contribution in [3.63, 3.8) is 0 Å². The molecule has 2 fully saturated rings. The Labute approximate surface area is 172 Å². The zero-order valence-electron chi connectivity index (χ0n) is 16.0. The van der Waals surface area contributed by atoms with E-state index in [2.05, 4.69) is 10.3 Å². The zero-order valence-corrected chi connectivity index (χ0v) is 16.8. The standard InChI is InChI=1S/C20H23FN4O3S/c21-15-5-3-14(4-6-15)16-13-29-20(22-16)23-18(26)12-24-7-9-25(10-8-24)19(27)17-2-1-11-28-17/h3-6,13,17H,1-2,7-12H2,(H,22,23,26). The fourth-order valence-electron chi connectivity index (χ4n) is 3.55. The number of anilines is 1. The van der Waals surface area contributed by atoms with Crippen LogP contribution in [-0.4, -0.2) is 72.0 Å². The average molecular weight is 418 g/mol. The largest absolute Gasteiger partial charge is 0.368 e. The van der Waals surface area contributed by atoms with Crippen molar-refractivity contribution in [1.29, 1.82) is 0 Å². The molecule has 29 heavy (non-hydrogen) atoms. The van der Waals surface area contributed by atoms with Crippen molar-refractivity contribution in [3.8, 4) is 11.3 Å². The third-order valence-electron chi connectivity index (χ3n) is 5.15. The summed E-state index contributed by atoms with van der Waals surface area (Å²) in [5, 5.41) is 5.17. The van der Waals surface area contributed by atoms with Gasteiger partial charge in [-0.15, -0.1) is 11.3 Å². The van der Waals surface area contributed by atoms with Gasteiger partial charge in [0.1, 0.15) is 11.9 Å². The number of hydrogen-bond donors (Lipinski definition) is 1. The van der Waals surface area contributed by atoms with Crippen molar-refractivity contribution in [2.24, 2.45) is 0 Å². The minimum absolute atomic E-state index is 0.0720. The van der Waals surface area contributed by atoms with Crippen LogP contribution < -0.4 is 5.32 Å². The molecule has 3 heterocycles. The Hall–Kier alpha value is -2.36. The lowest BCUT2D eigenvalue weighted by Gasteiger charge is -2.35. The monoisotopic (exact) mass is 418 g/mol. The number of amides is 2. The highest BCUT2D eigenvalue weighted by atomic mass is 32.1. The summed E-state index contributed by atoms with van der Waals surface area (Å²) in [6.45, 7) is 3.45. The number of nitrogens with zero attached hydrogens (tertiary/aromatic N) is 3. The second-order valence-corrected chi connectivity index (χ2v) is 8.05. The first-order chi connectivity index (χ1) is 14.1. The number of thiazole rings is 1. The Balaban J connectivity index is 1.24. The van der Waals surface area contributed by atoms with Crippen molar-refractivity contribution >= 4 is 28.3 Å². The average Bonchev–Trinajstić information content (AvgIpc) is 3.41. The predicted octanol–water partition coefficient (Wildman–Crippen LogP) is 2.21. The van der Waals surface area contributed by atoms with Crippen molar-refractivity contribution in [1.82, 2.24) is 14.8 Å². The summed E-state index contributed by atoms with van der Waals surface area (Å²) in [7, 11) is 0. The molecule has 2 aromatic rings. The van der Waals surface area contributed by atoms with Gasteiger partial charge in [-0.2, -0.15) is 0 Å². The predicted molar refractivity (Wildman–Crippen MR) is 108 cm³/mol. The van der Waals surface area contributed by atoms with Gasteiger partial charge in [-0.05, 0) is 37.1 Å². The van der Waals surface area contributed by atoms with Gasteiger partial charge in [-0.25, -0.2) is 9.37 Å². The van der Waals surface area contributed by atoms with Crippen molar-refractivity contribution in [2.75, 3.05) is 44.6 Å². The Kier molecular flexibility index (Phi) is 6.17. The number of carbonyl (C=O) groups is 2. The van der Waals surface area contributed by atoms with E-state index in [1.807, 2.05) is 15.2 Å². The minimum atomic E-state index is -0.296. The topological polar surface area (TPSA) is 74.8 Å². The Morgan fingerprint density at radius 2 is 1.97 bits per heavy atom. The third kappa shape index (κ3) is 4.98. The summed E-state index contributed by atoms with van der Waals surface area (Å²) < 4.78 is 18.5. The van der Waals surface area contributed by atoms with Gasteiger partial charge in [0, 0.05) is 43.7 Å². The first kappa shape index (κ1) is 19.9. The smallest absolute Gasteiger partial charge is 0.251 e. The molecule has 0 radical (unpaired) electrons. The van der Waals surface area contributed by atoms with Gasteiger partial charge in [0.05, 0.1) is 12.2 Å². The SMILES string of the molecule is O=C(CN1CCN(C(=O)C2CCCO2)CC1)Nc1nc(-c2ccc(F)cc2)cs1. The summed E-state index contributed by atoms with van der Waals surface area (Å²) in [5.41, 5.74) is 1.50. The summed E-state index contributed by atoms with van der Waals surface area (Å²) in [4.78, 5) is 33.0. The molecule has 0 bridgehead atoms. The highest BCUT2D eigenvalue weighted by molar-refractivity contribution is 7.14. The molecular formula is C20H23FN4O3S. The Bertz CT molecular complexity index is 859. The molecule has 2 saturated heterocycles. The molecule has 0 aliphatic carbocycles. The van der Waals surface area contributed by atoms with E-state index in [1.165, 1.54) is 23.5 Å². The van der Waals surface area contributed by atoms with E-state index in [9.17, 15) is 14.0 Å². The second kappa shape index (κ2) is 8.98. The van der Waals surface area contributed by atoms with Crippen LogP contribution in [0.3, 0.4) is 0 Å². The van der Waals surface area contributed by atoms with Gasteiger partial charge in [0.25, 0.3) is 5.91 Å². The van der Waals surface area contributed by atoms with Crippen LogP contribution in [0.1, 0.15) is 12.8 Å². The summed E-state index contributed by atoms with van der Waals surface area (Å²) in [5.74, 6) is -0.360. The van der Waals surface area contributed by atoms with Crippen LogP contribution >= 0.6 is 11.3 Å². The normalized spacial score (nSPS) is 20.0. The van der Waals surface area contributed by atoms with Crippen molar-refractivity contribution < 1.29 is 18.7 Å². The molecule has 1 aromatic heterocycles. The summed E-state index contributed by atoms with van der Waals surface area (Å²) in [6.07, 6.45) is 1.45. The van der Waals surface area contributed by atoms with Crippen LogP contribution in [0.25, 0.3) is 11.3 Å². The van der Waals surface area contributed by atoms with E-state index in [1.54, 1.807) is 12.1 Å². The quantitative estimate of drug-likeness (QED) is 0.806. The van der Waals surface area contributed by atoms with E-state index in [-0.39, 0.29) is 30.3 Å². The van der Waals surface area contributed by atoms with Gasteiger partial charge in [-0.3, -0.25) is 14.5 Å². The van der Waals surface area contributed by atoms with E-state index < -0.39 is 0 Å². The van der Waals surface area contributed by atoms with Gasteiger partial charge >= 0.3 is 0 Å². The van der Waals surface area contributed by atoms with Gasteiger partial charge in [0.15, 0.2) is 5.13 Å². The zero-order chi connectivity index (χ0) is 20.2. The first-order valence-electron chi connectivity index (χ1n) is 9.72. The molecule has 0 saturated carbocycles. The number of nitrogens with one attached hydrogen (secondary N) is 1. The summed E-state index contributed by atoms with van der Waals surface area (Å²) in [6, 6.07) is 6.09. The number of piperazine rings is 1. The minimum Gasteiger partial charge on any atom is -0.368 e. The van der Waals surface area contributed by atoms with E-state index in [4.69, 9.17) is 4.74 Å². The van der Waals surface area contributed by atoms with Gasteiger partial charge in [-0.1, -0.05) is 0 Å². The lowest BCUT2D eigenvalue weighted by Crippen LogP contribution is -2.52. The van der Waals surface area contributed by atoms with E-state index in [0.717, 1.165) is 18.4 Å². The fraction of sp³-hybridized carbons (Fsp3) is 0.450. The van der Waals surface area contributed by atoms with Crippen LogP contribution in [0.15, 0.2) is 29.6 Å². The highest BCUT2D eigenvalue weighted by Gasteiger charge is 2.30. The molecule has 1 unspecified atom stereocenters. The van der Waals surface area contributed by atoms with Crippen LogP contribution in [0, 0.1) is 5.82 Å². The van der Waals surface area contributed by atoms with E-state index in [0.29, 0.717) is 43.6 Å². The number of halogens is 1. The first-order valence-corrected chi connectivity index (χ1v) is 10.6. The molecule has 2 aliphatic heterocycles. The maximum Gasteiger partial charge on any atom is 0.251 e. The molecular weight excluding hydrogens is 395 g/mol. The van der Waals surface area contributed by atoms with Crippen LogP contribution in [-0.2, 0) is 14.3 Å². The number of benzene rings is 1. The van der Waals surface area contributed by atoms with Gasteiger partial charge in [0.2, 0.25) is 5.91 Å². The maximum absolute atomic E-state index is 13.0. The van der Waals surface area contributed by atoms with Crippen LogP contribution in [0.2, 0.25) is 0 Å². The van der Waals surface area contributed by atoms with Crippen molar-refractivity contribution in [3.05, 3.63) is 35.5 Å². The molecule has 0 spiro atoms. The number of aromatic nitrogens is 1. The molecule has 1 aromatic carbocycles. The van der Waals surface area contributed by atoms with E-state index >= 15 is 0 Å². The molecule has 4 rings (SSSR count). The molecule has 1 atom stereocenters. The summed E-state index contributed by atoms with van der Waals surface area (Å²) >= 11 is 1.34. The number of hydrogen-bond acceptors (Lipinski definition) is 6. The van der Waals surface area contributed by atoms with Crippen LogP contribution in [0.4, 0.5) is 9.52 Å². The molecule has 1 N–H and O–H groups in total. The van der Waals surface area contributed by atoms with Crippen LogP contribution in [0.5, 0.6) is 0 Å². The lowest BCUT2D eigenvalue weighted by atomic mass is 10.2. The number of rotatable bonds is 5. The molecule has 2 amide bonds. The molecule has 9 heteroatoms. The fourth-order valence-corrected chi connectivity index (χ4v) is 4.28. The maximum atomic E-state index is 13.0. The highest BCUT2D eigenvalue weighted by Crippen LogP contribution is 2.25. The Morgan fingerprint density at radius 1 is 1.21 bits per heavy atom. The number of carbonyl (C=O) groups excluding carboxylic acids is 2. The molecule has 154 valence electrons. The molecule has 7 nitrogen and oxygen atoms in total. The third-order valence-corrected chi connectivity index (χ3v) is 5.90. The second-order valence-electron chi connectivity index (χ2n) is 7.20. The van der Waals surface area contributed by atoms with Crippen molar-refractivity contribution in [2.45, 2.75) is 18.9 Å².